The Morgan fingerprint density at radius 3 is 2.58 bits per heavy atom. The zero-order valence-corrected chi connectivity index (χ0v) is 14.3. The van der Waals surface area contributed by atoms with E-state index in [0.717, 1.165) is 24.0 Å². The lowest BCUT2D eigenvalue weighted by Gasteiger charge is -2.27. The number of H-pyrrole nitrogens is 1. The van der Waals surface area contributed by atoms with Crippen molar-refractivity contribution in [3.63, 3.8) is 0 Å². The zero-order valence-electron chi connectivity index (χ0n) is 14.3. The maximum absolute atomic E-state index is 12.6. The van der Waals surface area contributed by atoms with Gasteiger partial charge in [-0.2, -0.15) is 0 Å². The van der Waals surface area contributed by atoms with Gasteiger partial charge in [0.2, 0.25) is 0 Å². The number of anilines is 1. The third-order valence-electron chi connectivity index (χ3n) is 4.55. The number of rotatable bonds is 3. The summed E-state index contributed by atoms with van der Waals surface area (Å²) in [5, 5.41) is 7.08. The van der Waals surface area contributed by atoms with Crippen molar-refractivity contribution in [3.05, 3.63) is 65.9 Å². The molecule has 132 valence electrons. The molecule has 2 heterocycles. The molecule has 1 fully saturated rings. The first kappa shape index (κ1) is 16.4. The number of hydrogen-bond donors (Lipinski definition) is 3. The van der Waals surface area contributed by atoms with Crippen molar-refractivity contribution in [3.8, 4) is 0 Å². The van der Waals surface area contributed by atoms with Crippen LogP contribution in [-0.2, 0) is 0 Å². The minimum absolute atomic E-state index is 0.00629. The molecule has 0 bridgehead atoms. The molecule has 2 amide bonds. The van der Waals surface area contributed by atoms with Crippen LogP contribution < -0.4 is 10.6 Å². The molecule has 1 aromatic heterocycles. The van der Waals surface area contributed by atoms with Gasteiger partial charge >= 0.3 is 0 Å². The van der Waals surface area contributed by atoms with Crippen LogP contribution in [0.5, 0.6) is 0 Å². The molecule has 1 aliphatic rings. The highest BCUT2D eigenvalue weighted by atomic mass is 16.2. The Labute approximate surface area is 151 Å². The number of benzene rings is 2. The molecule has 0 spiro atoms. The minimum Gasteiger partial charge on any atom is -0.351 e. The highest BCUT2D eigenvalue weighted by Gasteiger charge is 2.18. The molecule has 0 unspecified atom stereocenters. The Hall–Kier alpha value is -3.12. The van der Waals surface area contributed by atoms with Gasteiger partial charge in [0.1, 0.15) is 5.69 Å². The van der Waals surface area contributed by atoms with Crippen LogP contribution in [-0.4, -0.2) is 47.9 Å². The van der Waals surface area contributed by atoms with E-state index in [0.29, 0.717) is 30.0 Å². The Morgan fingerprint density at radius 1 is 0.962 bits per heavy atom. The van der Waals surface area contributed by atoms with E-state index in [1.807, 2.05) is 35.2 Å². The lowest BCUT2D eigenvalue weighted by atomic mass is 10.1. The number of nitrogens with zero attached hydrogens (tertiary/aromatic N) is 1. The van der Waals surface area contributed by atoms with Crippen molar-refractivity contribution in [1.82, 2.24) is 15.2 Å². The molecule has 3 N–H and O–H groups in total. The van der Waals surface area contributed by atoms with Gasteiger partial charge in [-0.3, -0.25) is 9.59 Å². The number of piperazine rings is 1. The predicted molar refractivity (Wildman–Crippen MR) is 101 cm³/mol. The fourth-order valence-corrected chi connectivity index (χ4v) is 3.17. The molecule has 1 aliphatic heterocycles. The standard InChI is InChI=1S/C20H20N4O2/c25-19(18-13-14-4-1-2-7-17(14)23-18)22-16-6-3-5-15(12-16)20(26)24-10-8-21-9-11-24/h1-7,12-13,21,23H,8-11H2,(H,22,25). The monoisotopic (exact) mass is 348 g/mol. The van der Waals surface area contributed by atoms with E-state index in [4.69, 9.17) is 0 Å². The number of aromatic amines is 1. The molecule has 4 rings (SSSR count). The second-order valence-corrected chi connectivity index (χ2v) is 6.35. The maximum atomic E-state index is 12.6. The highest BCUT2D eigenvalue weighted by molar-refractivity contribution is 6.06. The highest BCUT2D eigenvalue weighted by Crippen LogP contribution is 2.17. The second kappa shape index (κ2) is 7.01. The predicted octanol–water partition coefficient (Wildman–Crippen LogP) is 2.47. The number of carbonyl (C=O) groups is 2. The fraction of sp³-hybridized carbons (Fsp3) is 0.200. The van der Waals surface area contributed by atoms with Crippen molar-refractivity contribution < 1.29 is 9.59 Å². The van der Waals surface area contributed by atoms with Crippen LogP contribution in [0.4, 0.5) is 5.69 Å². The normalized spacial score (nSPS) is 14.4. The molecule has 0 saturated carbocycles. The molecule has 0 atom stereocenters. The summed E-state index contributed by atoms with van der Waals surface area (Å²) >= 11 is 0. The summed E-state index contributed by atoms with van der Waals surface area (Å²) in [5.74, 6) is -0.235. The Kier molecular flexibility index (Phi) is 4.41. The molecule has 6 nitrogen and oxygen atoms in total. The molecule has 0 aliphatic carbocycles. The van der Waals surface area contributed by atoms with Crippen molar-refractivity contribution >= 4 is 28.4 Å². The molecule has 1 saturated heterocycles. The van der Waals surface area contributed by atoms with Crippen LogP contribution in [0, 0.1) is 0 Å². The number of aromatic nitrogens is 1. The first-order valence-electron chi connectivity index (χ1n) is 8.70. The average molecular weight is 348 g/mol. The minimum atomic E-state index is -0.229. The van der Waals surface area contributed by atoms with Gasteiger partial charge in [-0.1, -0.05) is 24.3 Å². The summed E-state index contributed by atoms with van der Waals surface area (Å²) in [5.41, 5.74) is 2.60. The lowest BCUT2D eigenvalue weighted by Crippen LogP contribution is -2.46. The Balaban J connectivity index is 1.51. The van der Waals surface area contributed by atoms with Gasteiger partial charge in [-0.25, -0.2) is 0 Å². The zero-order chi connectivity index (χ0) is 17.9. The SMILES string of the molecule is O=C(Nc1cccc(C(=O)N2CCNCC2)c1)c1cc2ccccc2[nH]1. The number of nitrogens with one attached hydrogen (secondary N) is 3. The van der Waals surface area contributed by atoms with Crippen LogP contribution in [0.3, 0.4) is 0 Å². The largest absolute Gasteiger partial charge is 0.351 e. The first-order chi connectivity index (χ1) is 12.7. The summed E-state index contributed by atoms with van der Waals surface area (Å²) in [7, 11) is 0. The molecule has 0 radical (unpaired) electrons. The van der Waals surface area contributed by atoms with Crippen LogP contribution in [0.15, 0.2) is 54.6 Å². The van der Waals surface area contributed by atoms with Crippen LogP contribution in [0.25, 0.3) is 10.9 Å². The number of carbonyl (C=O) groups excluding carboxylic acids is 2. The van der Waals surface area contributed by atoms with Gasteiger partial charge in [0.15, 0.2) is 0 Å². The quantitative estimate of drug-likeness (QED) is 0.680. The van der Waals surface area contributed by atoms with Crippen molar-refractivity contribution in [2.75, 3.05) is 31.5 Å². The van der Waals surface area contributed by atoms with Crippen molar-refractivity contribution in [1.29, 1.82) is 0 Å². The van der Waals surface area contributed by atoms with E-state index in [9.17, 15) is 9.59 Å². The van der Waals surface area contributed by atoms with Gasteiger partial charge in [0.05, 0.1) is 0 Å². The molecule has 3 aromatic rings. The summed E-state index contributed by atoms with van der Waals surface area (Å²) in [6, 6.07) is 16.6. The van der Waals surface area contributed by atoms with Crippen molar-refractivity contribution in [2.24, 2.45) is 0 Å². The lowest BCUT2D eigenvalue weighted by molar-refractivity contribution is 0.0735. The summed E-state index contributed by atoms with van der Waals surface area (Å²) in [6.07, 6.45) is 0. The smallest absolute Gasteiger partial charge is 0.272 e. The van der Waals surface area contributed by atoms with E-state index >= 15 is 0 Å². The van der Waals surface area contributed by atoms with E-state index in [1.165, 1.54) is 0 Å². The summed E-state index contributed by atoms with van der Waals surface area (Å²) in [6.45, 7) is 3.01. The molecule has 26 heavy (non-hydrogen) atoms. The average Bonchev–Trinajstić information content (AvgIpc) is 3.13. The Bertz CT molecular complexity index is 924. The number of hydrogen-bond acceptors (Lipinski definition) is 3. The first-order valence-corrected chi connectivity index (χ1v) is 8.70. The second-order valence-electron chi connectivity index (χ2n) is 6.35. The topological polar surface area (TPSA) is 77.2 Å². The number of para-hydroxylation sites is 1. The summed E-state index contributed by atoms with van der Waals surface area (Å²) in [4.78, 5) is 30.1. The van der Waals surface area contributed by atoms with E-state index in [1.54, 1.807) is 24.3 Å². The van der Waals surface area contributed by atoms with E-state index in [-0.39, 0.29) is 11.8 Å². The van der Waals surface area contributed by atoms with Crippen LogP contribution >= 0.6 is 0 Å². The molecular weight excluding hydrogens is 328 g/mol. The van der Waals surface area contributed by atoms with Gasteiger partial charge in [0.25, 0.3) is 11.8 Å². The number of fused-ring (bicyclic) bond motifs is 1. The van der Waals surface area contributed by atoms with Crippen LogP contribution in [0.2, 0.25) is 0 Å². The van der Waals surface area contributed by atoms with Gasteiger partial charge in [-0.05, 0) is 30.3 Å². The molecule has 2 aromatic carbocycles. The van der Waals surface area contributed by atoms with Gasteiger partial charge in [0, 0.05) is 48.3 Å². The Morgan fingerprint density at radius 2 is 1.77 bits per heavy atom. The number of amides is 2. The molecular formula is C20H20N4O2. The van der Waals surface area contributed by atoms with Crippen LogP contribution in [0.1, 0.15) is 20.8 Å². The molecule has 6 heteroatoms. The fourth-order valence-electron chi connectivity index (χ4n) is 3.17. The van der Waals surface area contributed by atoms with E-state index in [2.05, 4.69) is 15.6 Å². The van der Waals surface area contributed by atoms with Crippen molar-refractivity contribution in [2.45, 2.75) is 0 Å². The summed E-state index contributed by atoms with van der Waals surface area (Å²) < 4.78 is 0. The third-order valence-corrected chi connectivity index (χ3v) is 4.55. The van der Waals surface area contributed by atoms with E-state index < -0.39 is 0 Å². The third kappa shape index (κ3) is 3.32. The maximum Gasteiger partial charge on any atom is 0.272 e. The van der Waals surface area contributed by atoms with Gasteiger partial charge < -0.3 is 20.5 Å². The van der Waals surface area contributed by atoms with Gasteiger partial charge in [-0.15, -0.1) is 0 Å².